The molecule has 15 heavy (non-hydrogen) atoms. The molecule has 0 saturated heterocycles. The minimum absolute atomic E-state index is 0. The molecule has 2 aromatic carbocycles. The molecule has 0 saturated carbocycles. The third kappa shape index (κ3) is 5.99. The summed E-state index contributed by atoms with van der Waals surface area (Å²) in [4.78, 5) is 0. The molecule has 0 atom stereocenters. The topological polar surface area (TPSA) is 0 Å². The van der Waals surface area contributed by atoms with Crippen molar-refractivity contribution in [2.45, 2.75) is 20.8 Å². The molecule has 0 nitrogen and oxygen atoms in total. The molecule has 0 unspecified atom stereocenters. The van der Waals surface area contributed by atoms with Crippen molar-refractivity contribution in [3.63, 3.8) is 0 Å². The van der Waals surface area contributed by atoms with Gasteiger partial charge in [0.15, 0.2) is 0 Å². The molecule has 0 aliphatic rings. The van der Waals surface area contributed by atoms with Gasteiger partial charge in [-0.1, -0.05) is 48.5 Å². The van der Waals surface area contributed by atoms with E-state index in [2.05, 4.69) is 69.3 Å². The summed E-state index contributed by atoms with van der Waals surface area (Å²) in [7, 11) is 0. The summed E-state index contributed by atoms with van der Waals surface area (Å²) in [5.74, 6) is 1.42. The maximum Gasteiger partial charge on any atom is 1.00 e. The van der Waals surface area contributed by atoms with Crippen LogP contribution in [0.1, 0.15) is 20.8 Å². The molecule has 0 heterocycles. The quantitative estimate of drug-likeness (QED) is 0.454. The molecule has 0 aliphatic carbocycles. The van der Waals surface area contributed by atoms with Gasteiger partial charge in [-0.2, -0.15) is 20.8 Å². The predicted molar refractivity (Wildman–Crippen MR) is 64.2 cm³/mol. The van der Waals surface area contributed by atoms with Gasteiger partial charge in [-0.05, 0) is 10.8 Å². The van der Waals surface area contributed by atoms with Crippen molar-refractivity contribution in [2.75, 3.05) is 0 Å². The fourth-order valence-electron chi connectivity index (χ4n) is 1.13. The Balaban J connectivity index is 0.000000346. The standard InChI is InChI=1S/C10H8.C4H9.Na/c1-2-6-10-8-4-3-7-9(10)5-1;1-4(2)3;/h1-8H;1-3H3;/q;-1;+1. The molecule has 0 fully saturated rings. The Labute approximate surface area is 115 Å². The van der Waals surface area contributed by atoms with E-state index < -0.39 is 0 Å². The minimum atomic E-state index is 0. The number of fused-ring (bicyclic) bond motifs is 1. The van der Waals surface area contributed by atoms with Crippen LogP contribution in [-0.4, -0.2) is 0 Å². The SMILES string of the molecule is C[C-](C)C.[Na+].c1ccc2ccccc2c1. The van der Waals surface area contributed by atoms with Crippen molar-refractivity contribution >= 4 is 10.8 Å². The Morgan fingerprint density at radius 3 is 1.07 bits per heavy atom. The minimum Gasteiger partial charge on any atom is -0.323 e. The van der Waals surface area contributed by atoms with Gasteiger partial charge in [-0.15, -0.1) is 0 Å². The van der Waals surface area contributed by atoms with Gasteiger partial charge in [0.25, 0.3) is 0 Å². The van der Waals surface area contributed by atoms with E-state index in [1.807, 2.05) is 0 Å². The summed E-state index contributed by atoms with van der Waals surface area (Å²) in [6, 6.07) is 16.7. The zero-order valence-corrected chi connectivity index (χ0v) is 12.1. The van der Waals surface area contributed by atoms with Gasteiger partial charge in [0.2, 0.25) is 0 Å². The van der Waals surface area contributed by atoms with E-state index >= 15 is 0 Å². The summed E-state index contributed by atoms with van der Waals surface area (Å²) in [5, 5.41) is 2.62. The Morgan fingerprint density at radius 2 is 0.867 bits per heavy atom. The summed E-state index contributed by atoms with van der Waals surface area (Å²) < 4.78 is 0. The molecular formula is C14H17Na. The van der Waals surface area contributed by atoms with E-state index in [0.717, 1.165) is 0 Å². The third-order valence-electron chi connectivity index (χ3n) is 1.66. The van der Waals surface area contributed by atoms with E-state index in [4.69, 9.17) is 0 Å². The zero-order chi connectivity index (χ0) is 10.4. The first-order valence-electron chi connectivity index (χ1n) is 4.90. The molecule has 2 aromatic rings. The van der Waals surface area contributed by atoms with Crippen LogP contribution in [-0.2, 0) is 0 Å². The molecule has 0 amide bonds. The summed E-state index contributed by atoms with van der Waals surface area (Å²) in [6.07, 6.45) is 0. The molecule has 0 spiro atoms. The zero-order valence-electron chi connectivity index (χ0n) is 10.1. The number of hydrogen-bond acceptors (Lipinski definition) is 0. The predicted octanol–water partition coefficient (Wildman–Crippen LogP) is 1.46. The van der Waals surface area contributed by atoms with Crippen LogP contribution in [0.25, 0.3) is 10.8 Å². The molecular weight excluding hydrogens is 191 g/mol. The van der Waals surface area contributed by atoms with Crippen LogP contribution in [0.4, 0.5) is 0 Å². The van der Waals surface area contributed by atoms with Crippen LogP contribution in [0.2, 0.25) is 0 Å². The summed E-state index contributed by atoms with van der Waals surface area (Å²) in [6.45, 7) is 6.25. The molecule has 1 heteroatoms. The van der Waals surface area contributed by atoms with Crippen LogP contribution in [0.15, 0.2) is 48.5 Å². The fourth-order valence-corrected chi connectivity index (χ4v) is 1.13. The van der Waals surface area contributed by atoms with E-state index in [1.54, 1.807) is 0 Å². The average Bonchev–Trinajstić information content (AvgIpc) is 2.17. The van der Waals surface area contributed by atoms with Gasteiger partial charge >= 0.3 is 29.6 Å². The van der Waals surface area contributed by atoms with Crippen LogP contribution in [0.5, 0.6) is 0 Å². The summed E-state index contributed by atoms with van der Waals surface area (Å²) in [5.41, 5.74) is 0. The van der Waals surface area contributed by atoms with Crippen molar-refractivity contribution in [3.05, 3.63) is 54.4 Å². The van der Waals surface area contributed by atoms with Crippen molar-refractivity contribution in [1.29, 1.82) is 0 Å². The van der Waals surface area contributed by atoms with Crippen LogP contribution in [0.3, 0.4) is 0 Å². The van der Waals surface area contributed by atoms with Crippen molar-refractivity contribution in [1.82, 2.24) is 0 Å². The van der Waals surface area contributed by atoms with E-state index in [9.17, 15) is 0 Å². The Bertz CT molecular complexity index is 312. The average molecular weight is 208 g/mol. The Hall–Kier alpha value is -0.300. The molecule has 2 rings (SSSR count). The maximum atomic E-state index is 2.12. The van der Waals surface area contributed by atoms with Crippen molar-refractivity contribution in [2.24, 2.45) is 0 Å². The number of benzene rings is 2. The van der Waals surface area contributed by atoms with Gasteiger partial charge < -0.3 is 5.92 Å². The second-order valence-corrected chi connectivity index (χ2v) is 3.85. The molecule has 0 bridgehead atoms. The first-order valence-corrected chi connectivity index (χ1v) is 4.90. The number of rotatable bonds is 0. The molecule has 0 aliphatic heterocycles. The maximum absolute atomic E-state index is 2.12. The van der Waals surface area contributed by atoms with Crippen LogP contribution in [0, 0.1) is 5.92 Å². The third-order valence-corrected chi connectivity index (χ3v) is 1.66. The smallest absolute Gasteiger partial charge is 0.323 e. The molecule has 0 aromatic heterocycles. The van der Waals surface area contributed by atoms with Crippen molar-refractivity contribution in [3.8, 4) is 0 Å². The van der Waals surface area contributed by atoms with Gasteiger partial charge in [0, 0.05) is 0 Å². The van der Waals surface area contributed by atoms with Gasteiger partial charge in [0.05, 0.1) is 0 Å². The van der Waals surface area contributed by atoms with Gasteiger partial charge in [-0.3, -0.25) is 0 Å². The van der Waals surface area contributed by atoms with Crippen LogP contribution < -0.4 is 29.6 Å². The second-order valence-electron chi connectivity index (χ2n) is 3.85. The van der Waals surface area contributed by atoms with Crippen molar-refractivity contribution < 1.29 is 29.6 Å². The van der Waals surface area contributed by atoms with E-state index in [1.165, 1.54) is 16.7 Å². The van der Waals surface area contributed by atoms with Gasteiger partial charge in [-0.25, -0.2) is 0 Å². The Kier molecular flexibility index (Phi) is 7.76. The normalized spacial score (nSPS) is 9.07. The molecule has 74 valence electrons. The van der Waals surface area contributed by atoms with Gasteiger partial charge in [0.1, 0.15) is 0 Å². The van der Waals surface area contributed by atoms with Crippen LogP contribution >= 0.6 is 0 Å². The first-order chi connectivity index (χ1) is 6.70. The van der Waals surface area contributed by atoms with E-state index in [0.29, 0.717) is 0 Å². The number of hydrogen-bond donors (Lipinski definition) is 0. The fraction of sp³-hybridized carbons (Fsp3) is 0.214. The first kappa shape index (κ1) is 14.7. The molecule has 0 radical (unpaired) electrons. The molecule has 0 N–H and O–H groups in total. The monoisotopic (exact) mass is 208 g/mol. The Morgan fingerprint density at radius 1 is 0.667 bits per heavy atom. The second kappa shape index (κ2) is 7.92. The largest absolute Gasteiger partial charge is 1.00 e. The van der Waals surface area contributed by atoms with E-state index in [-0.39, 0.29) is 29.6 Å². The summed E-state index contributed by atoms with van der Waals surface area (Å²) >= 11 is 0.